The fraction of sp³-hybridized carbons (Fsp3) is 0. The van der Waals surface area contributed by atoms with Gasteiger partial charge in [0.1, 0.15) is 6.07 Å². The van der Waals surface area contributed by atoms with Gasteiger partial charge in [-0.05, 0) is 6.07 Å². The Morgan fingerprint density at radius 2 is 2.00 bits per heavy atom. The van der Waals surface area contributed by atoms with Crippen molar-refractivity contribution in [2.75, 3.05) is 0 Å². The molecule has 0 atom stereocenters. The van der Waals surface area contributed by atoms with Gasteiger partial charge in [0.15, 0.2) is 0 Å². The molecule has 0 spiro atoms. The van der Waals surface area contributed by atoms with Crippen LogP contribution < -0.4 is 0 Å². The van der Waals surface area contributed by atoms with Crippen LogP contribution in [0.15, 0.2) is 36.7 Å². The number of thiophene rings is 1. The van der Waals surface area contributed by atoms with Crippen molar-refractivity contribution in [3.05, 3.63) is 42.2 Å². The number of fused-ring (bicyclic) bond motifs is 3. The van der Waals surface area contributed by atoms with E-state index in [1.165, 1.54) is 10.1 Å². The van der Waals surface area contributed by atoms with Crippen molar-refractivity contribution in [1.82, 2.24) is 4.98 Å². The van der Waals surface area contributed by atoms with Gasteiger partial charge < -0.3 is 0 Å². The molecule has 0 radical (unpaired) electrons. The summed E-state index contributed by atoms with van der Waals surface area (Å²) in [6.07, 6.45) is 3.45. The zero-order valence-corrected chi connectivity index (χ0v) is 8.58. The number of rotatable bonds is 0. The van der Waals surface area contributed by atoms with Gasteiger partial charge in [-0.1, -0.05) is 18.2 Å². The Morgan fingerprint density at radius 1 is 1.13 bits per heavy atom. The molecule has 0 amide bonds. The Bertz CT molecular complexity index is 691. The zero-order chi connectivity index (χ0) is 10.3. The van der Waals surface area contributed by atoms with Gasteiger partial charge in [-0.15, -0.1) is 11.3 Å². The number of hydrogen-bond acceptors (Lipinski definition) is 3. The van der Waals surface area contributed by atoms with Crippen molar-refractivity contribution >= 4 is 31.5 Å². The Kier molecular flexibility index (Phi) is 1.70. The molecular formula is C12H6N2S. The predicted octanol–water partition coefficient (Wildman–Crippen LogP) is 3.32. The maximum absolute atomic E-state index is 8.98. The van der Waals surface area contributed by atoms with Gasteiger partial charge in [-0.3, -0.25) is 4.98 Å². The molecule has 0 N–H and O–H groups in total. The summed E-state index contributed by atoms with van der Waals surface area (Å²) >= 11 is 1.65. The summed E-state index contributed by atoms with van der Waals surface area (Å²) in [7, 11) is 0. The van der Waals surface area contributed by atoms with Crippen molar-refractivity contribution in [1.29, 1.82) is 5.26 Å². The second-order valence-electron chi connectivity index (χ2n) is 3.27. The molecule has 0 fully saturated rings. The standard InChI is InChI=1S/C12H6N2S/c13-5-8-6-14-7-10-9-3-1-2-4-11(9)15-12(8)10/h1-4,6-7H. The monoisotopic (exact) mass is 210 g/mol. The van der Waals surface area contributed by atoms with Crippen LogP contribution in [0.4, 0.5) is 0 Å². The van der Waals surface area contributed by atoms with E-state index in [-0.39, 0.29) is 0 Å². The van der Waals surface area contributed by atoms with E-state index in [1.807, 2.05) is 18.3 Å². The maximum atomic E-state index is 8.98. The van der Waals surface area contributed by atoms with Gasteiger partial charge >= 0.3 is 0 Å². The first-order chi connectivity index (χ1) is 7.40. The van der Waals surface area contributed by atoms with Crippen molar-refractivity contribution < 1.29 is 0 Å². The molecule has 1 aromatic carbocycles. The molecule has 15 heavy (non-hydrogen) atoms. The van der Waals surface area contributed by atoms with Gasteiger partial charge in [-0.2, -0.15) is 5.26 Å². The highest BCUT2D eigenvalue weighted by molar-refractivity contribution is 7.26. The Balaban J connectivity index is 2.61. The summed E-state index contributed by atoms with van der Waals surface area (Å²) in [4.78, 5) is 4.09. The van der Waals surface area contributed by atoms with E-state index in [4.69, 9.17) is 5.26 Å². The Labute approximate surface area is 90.4 Å². The third-order valence-electron chi connectivity index (χ3n) is 2.41. The predicted molar refractivity (Wildman–Crippen MR) is 61.8 cm³/mol. The average Bonchev–Trinajstić information content (AvgIpc) is 2.67. The number of nitrogens with zero attached hydrogens (tertiary/aromatic N) is 2. The van der Waals surface area contributed by atoms with Crippen LogP contribution in [0.3, 0.4) is 0 Å². The minimum absolute atomic E-state index is 0.661. The molecular weight excluding hydrogens is 204 g/mol. The number of hydrogen-bond donors (Lipinski definition) is 0. The van der Waals surface area contributed by atoms with Crippen LogP contribution in [-0.4, -0.2) is 4.98 Å². The lowest BCUT2D eigenvalue weighted by atomic mass is 10.2. The molecule has 0 bridgehead atoms. The Morgan fingerprint density at radius 3 is 2.87 bits per heavy atom. The largest absolute Gasteiger partial charge is 0.263 e. The molecule has 3 rings (SSSR count). The van der Waals surface area contributed by atoms with E-state index in [9.17, 15) is 0 Å². The molecule has 0 aliphatic carbocycles. The smallest absolute Gasteiger partial charge is 0.102 e. The van der Waals surface area contributed by atoms with Crippen LogP contribution in [0.1, 0.15) is 5.56 Å². The second kappa shape index (κ2) is 3.04. The molecule has 0 saturated carbocycles. The minimum Gasteiger partial charge on any atom is -0.263 e. The normalized spacial score (nSPS) is 10.6. The molecule has 0 aliphatic heterocycles. The number of nitriles is 1. The van der Waals surface area contributed by atoms with Gasteiger partial charge in [0.25, 0.3) is 0 Å². The summed E-state index contributed by atoms with van der Waals surface area (Å²) in [6, 6.07) is 10.3. The minimum atomic E-state index is 0.661. The molecule has 3 heteroatoms. The maximum Gasteiger partial charge on any atom is 0.102 e. The number of benzene rings is 1. The number of pyridine rings is 1. The van der Waals surface area contributed by atoms with Crippen molar-refractivity contribution in [3.8, 4) is 6.07 Å². The summed E-state index contributed by atoms with van der Waals surface area (Å²) in [5.41, 5.74) is 0.661. The third kappa shape index (κ3) is 1.12. The van der Waals surface area contributed by atoms with Crippen LogP contribution in [-0.2, 0) is 0 Å². The fourth-order valence-corrected chi connectivity index (χ4v) is 2.85. The second-order valence-corrected chi connectivity index (χ2v) is 4.33. The molecule has 70 valence electrons. The number of aromatic nitrogens is 1. The van der Waals surface area contributed by atoms with Gasteiger partial charge in [0, 0.05) is 27.9 Å². The highest BCUT2D eigenvalue weighted by Crippen LogP contribution is 2.34. The zero-order valence-electron chi connectivity index (χ0n) is 7.77. The molecule has 2 nitrogen and oxygen atoms in total. The first kappa shape index (κ1) is 8.39. The molecule has 2 heterocycles. The van der Waals surface area contributed by atoms with Crippen LogP contribution in [0.2, 0.25) is 0 Å². The molecule has 2 aromatic heterocycles. The van der Waals surface area contributed by atoms with Crippen molar-refractivity contribution in [3.63, 3.8) is 0 Å². The van der Waals surface area contributed by atoms with Crippen molar-refractivity contribution in [2.45, 2.75) is 0 Å². The summed E-state index contributed by atoms with van der Waals surface area (Å²) in [5.74, 6) is 0. The van der Waals surface area contributed by atoms with Crippen molar-refractivity contribution in [2.24, 2.45) is 0 Å². The lowest BCUT2D eigenvalue weighted by molar-refractivity contribution is 1.35. The average molecular weight is 210 g/mol. The first-order valence-electron chi connectivity index (χ1n) is 4.55. The van der Waals surface area contributed by atoms with E-state index in [0.717, 1.165) is 10.1 Å². The van der Waals surface area contributed by atoms with Crippen LogP contribution in [0.5, 0.6) is 0 Å². The topological polar surface area (TPSA) is 36.7 Å². The fourth-order valence-electron chi connectivity index (χ4n) is 1.72. The molecule has 0 aliphatic rings. The van der Waals surface area contributed by atoms with Crippen LogP contribution >= 0.6 is 11.3 Å². The van der Waals surface area contributed by atoms with Crippen LogP contribution in [0, 0.1) is 11.3 Å². The van der Waals surface area contributed by atoms with E-state index in [2.05, 4.69) is 23.2 Å². The van der Waals surface area contributed by atoms with E-state index < -0.39 is 0 Å². The lowest BCUT2D eigenvalue weighted by Gasteiger charge is -1.90. The van der Waals surface area contributed by atoms with E-state index in [1.54, 1.807) is 17.5 Å². The first-order valence-corrected chi connectivity index (χ1v) is 5.37. The highest BCUT2D eigenvalue weighted by Gasteiger charge is 2.07. The highest BCUT2D eigenvalue weighted by atomic mass is 32.1. The van der Waals surface area contributed by atoms with E-state index in [0.29, 0.717) is 5.56 Å². The van der Waals surface area contributed by atoms with Gasteiger partial charge in [0.2, 0.25) is 0 Å². The summed E-state index contributed by atoms with van der Waals surface area (Å²) < 4.78 is 2.24. The third-order valence-corrected chi connectivity index (χ3v) is 3.63. The molecule has 0 unspecified atom stereocenters. The lowest BCUT2D eigenvalue weighted by Crippen LogP contribution is -1.76. The summed E-state index contributed by atoms with van der Waals surface area (Å²) in [5, 5.41) is 11.2. The SMILES string of the molecule is N#Cc1cncc2c1sc1ccccc12. The van der Waals surface area contributed by atoms with Crippen LogP contribution in [0.25, 0.3) is 20.2 Å². The molecule has 0 saturated heterocycles. The van der Waals surface area contributed by atoms with E-state index >= 15 is 0 Å². The summed E-state index contributed by atoms with van der Waals surface area (Å²) in [6.45, 7) is 0. The molecule has 3 aromatic rings. The quantitative estimate of drug-likeness (QED) is 0.570. The van der Waals surface area contributed by atoms with Gasteiger partial charge in [0.05, 0.1) is 10.3 Å². The Hall–Kier alpha value is -1.92. The van der Waals surface area contributed by atoms with Gasteiger partial charge in [-0.25, -0.2) is 0 Å².